The zero-order valence-corrected chi connectivity index (χ0v) is 10.7. The molecule has 0 saturated carbocycles. The fraction of sp³-hybridized carbons (Fsp3) is 0.333. The van der Waals surface area contributed by atoms with Crippen LogP contribution in [-0.2, 0) is 4.74 Å². The topological polar surface area (TPSA) is 104 Å². The second-order valence-corrected chi connectivity index (χ2v) is 4.61. The predicted octanol–water partition coefficient (Wildman–Crippen LogP) is 1.96. The molecule has 0 unspecified atom stereocenters. The number of hydrogen-bond acceptors (Lipinski definition) is 5. The van der Waals surface area contributed by atoms with E-state index in [2.05, 4.69) is 0 Å². The van der Waals surface area contributed by atoms with Gasteiger partial charge < -0.3 is 4.74 Å². The van der Waals surface area contributed by atoms with Crippen LogP contribution in [0.3, 0.4) is 0 Å². The largest absolute Gasteiger partial charge is 0.500 e. The predicted molar refractivity (Wildman–Crippen MR) is 67.7 cm³/mol. The highest BCUT2D eigenvalue weighted by atomic mass is 16.5. The molecule has 2 atom stereocenters. The highest BCUT2D eigenvalue weighted by Crippen LogP contribution is 2.56. The molecule has 5 heteroatoms. The molecule has 0 fully saturated rings. The summed E-state index contributed by atoms with van der Waals surface area (Å²) in [6.07, 6.45) is 8.33. The Bertz CT molecular complexity index is 659. The summed E-state index contributed by atoms with van der Waals surface area (Å²) >= 11 is 0. The Balaban J connectivity index is 2.87. The SMILES string of the molecule is COC1=CC=C[C@@H]2C=C[C@H]1C(C#N)(C#N)C2(C#N)C#N. The van der Waals surface area contributed by atoms with Crippen molar-refractivity contribution in [1.29, 1.82) is 21.0 Å². The second-order valence-electron chi connectivity index (χ2n) is 4.61. The van der Waals surface area contributed by atoms with E-state index in [1.807, 2.05) is 24.3 Å². The lowest BCUT2D eigenvalue weighted by molar-refractivity contribution is 0.141. The van der Waals surface area contributed by atoms with Crippen molar-refractivity contribution in [3.8, 4) is 24.3 Å². The van der Waals surface area contributed by atoms with Crippen LogP contribution in [0.15, 0.2) is 36.1 Å². The number of methoxy groups -OCH3 is 1. The highest BCUT2D eigenvalue weighted by molar-refractivity contribution is 5.48. The van der Waals surface area contributed by atoms with Gasteiger partial charge in [0, 0.05) is 5.92 Å². The first-order chi connectivity index (χ1) is 9.65. The van der Waals surface area contributed by atoms with Gasteiger partial charge in [-0.05, 0) is 6.08 Å². The van der Waals surface area contributed by atoms with Crippen LogP contribution in [0.25, 0.3) is 0 Å². The van der Waals surface area contributed by atoms with Crippen molar-refractivity contribution in [1.82, 2.24) is 0 Å². The van der Waals surface area contributed by atoms with Crippen LogP contribution in [0.4, 0.5) is 0 Å². The van der Waals surface area contributed by atoms with Gasteiger partial charge in [0.05, 0.1) is 37.3 Å². The summed E-state index contributed by atoms with van der Waals surface area (Å²) in [6.45, 7) is 0. The average molecular weight is 262 g/mol. The van der Waals surface area contributed by atoms with Crippen molar-refractivity contribution < 1.29 is 4.74 Å². The van der Waals surface area contributed by atoms with Gasteiger partial charge in [0.25, 0.3) is 0 Å². The fourth-order valence-corrected chi connectivity index (χ4v) is 2.80. The van der Waals surface area contributed by atoms with Crippen molar-refractivity contribution >= 4 is 0 Å². The Kier molecular flexibility index (Phi) is 3.07. The van der Waals surface area contributed by atoms with Crippen LogP contribution >= 0.6 is 0 Å². The summed E-state index contributed by atoms with van der Waals surface area (Å²) in [4.78, 5) is 0. The molecule has 0 radical (unpaired) electrons. The van der Waals surface area contributed by atoms with E-state index in [-0.39, 0.29) is 0 Å². The molecule has 0 heterocycles. The molecule has 5 nitrogen and oxygen atoms in total. The minimum Gasteiger partial charge on any atom is -0.500 e. The lowest BCUT2D eigenvalue weighted by Gasteiger charge is -2.43. The molecule has 0 saturated heterocycles. The monoisotopic (exact) mass is 262 g/mol. The molecule has 0 aromatic carbocycles. The quantitative estimate of drug-likeness (QED) is 0.671. The van der Waals surface area contributed by atoms with Crippen LogP contribution in [-0.4, -0.2) is 7.11 Å². The van der Waals surface area contributed by atoms with E-state index in [1.165, 1.54) is 7.11 Å². The fourth-order valence-electron chi connectivity index (χ4n) is 2.80. The Hall–Kier alpha value is -3.02. The number of hydrogen-bond donors (Lipinski definition) is 0. The molecule has 20 heavy (non-hydrogen) atoms. The average Bonchev–Trinajstić information content (AvgIpc) is 2.47. The highest BCUT2D eigenvalue weighted by Gasteiger charge is 2.64. The summed E-state index contributed by atoms with van der Waals surface area (Å²) in [6, 6.07) is 7.65. The van der Waals surface area contributed by atoms with Crippen molar-refractivity contribution in [2.24, 2.45) is 22.7 Å². The Morgan fingerprint density at radius 2 is 1.55 bits per heavy atom. The normalized spacial score (nSPS) is 27.8. The maximum absolute atomic E-state index is 9.58. The molecular weight excluding hydrogens is 252 g/mol. The molecule has 0 N–H and O–H groups in total. The Labute approximate surface area is 116 Å². The van der Waals surface area contributed by atoms with Gasteiger partial charge in [-0.15, -0.1) is 0 Å². The van der Waals surface area contributed by atoms with Gasteiger partial charge in [-0.3, -0.25) is 0 Å². The first kappa shape index (κ1) is 13.4. The van der Waals surface area contributed by atoms with E-state index in [0.717, 1.165) is 0 Å². The number of allylic oxidation sites excluding steroid dienone is 5. The van der Waals surface area contributed by atoms with E-state index < -0.39 is 22.7 Å². The van der Waals surface area contributed by atoms with Gasteiger partial charge in [0.1, 0.15) is 5.76 Å². The number of nitrogens with zero attached hydrogens (tertiary/aromatic N) is 4. The molecule has 3 aliphatic carbocycles. The van der Waals surface area contributed by atoms with Gasteiger partial charge in [0.15, 0.2) is 10.8 Å². The first-order valence-electron chi connectivity index (χ1n) is 5.91. The first-order valence-corrected chi connectivity index (χ1v) is 5.91. The van der Waals surface area contributed by atoms with Gasteiger partial charge in [-0.1, -0.05) is 24.3 Å². The number of nitriles is 4. The van der Waals surface area contributed by atoms with Crippen LogP contribution in [0.1, 0.15) is 0 Å². The van der Waals surface area contributed by atoms with Crippen LogP contribution in [0.5, 0.6) is 0 Å². The number of ether oxygens (including phenoxy) is 1. The number of rotatable bonds is 1. The third kappa shape index (κ3) is 1.33. The summed E-state index contributed by atoms with van der Waals surface area (Å²) in [7, 11) is 1.43. The van der Waals surface area contributed by atoms with Crippen molar-refractivity contribution in [3.05, 3.63) is 36.1 Å². The van der Waals surface area contributed by atoms with E-state index in [0.29, 0.717) is 5.76 Å². The molecule has 0 aromatic rings. The van der Waals surface area contributed by atoms with Gasteiger partial charge >= 0.3 is 0 Å². The molecule has 0 spiro atoms. The standard InChI is InChI=1S/C15H10N4O/c1-20-13-4-2-3-11-5-6-12(13)15(9-18,10-19)14(11,7-16)8-17/h2-6,11-12H,1H3/t11-,12-/m1/s1. The lowest BCUT2D eigenvalue weighted by atomic mass is 9.51. The molecule has 3 aliphatic rings. The summed E-state index contributed by atoms with van der Waals surface area (Å²) in [5.74, 6) is -0.973. The molecule has 0 amide bonds. The van der Waals surface area contributed by atoms with E-state index in [9.17, 15) is 21.0 Å². The van der Waals surface area contributed by atoms with Crippen molar-refractivity contribution in [3.63, 3.8) is 0 Å². The maximum Gasteiger partial charge on any atom is 0.189 e. The van der Waals surface area contributed by atoms with Gasteiger partial charge in [-0.2, -0.15) is 21.0 Å². The maximum atomic E-state index is 9.58. The molecule has 2 bridgehead atoms. The van der Waals surface area contributed by atoms with Crippen LogP contribution in [0, 0.1) is 68.0 Å². The zero-order valence-electron chi connectivity index (χ0n) is 10.7. The lowest BCUT2D eigenvalue weighted by Crippen LogP contribution is -2.50. The summed E-state index contributed by atoms with van der Waals surface area (Å²) < 4.78 is 5.23. The molecule has 3 rings (SSSR count). The zero-order chi connectivity index (χ0) is 14.8. The summed E-state index contributed by atoms with van der Waals surface area (Å²) in [5, 5.41) is 38.2. The van der Waals surface area contributed by atoms with Crippen molar-refractivity contribution in [2.75, 3.05) is 7.11 Å². The van der Waals surface area contributed by atoms with E-state index >= 15 is 0 Å². The molecule has 96 valence electrons. The van der Waals surface area contributed by atoms with E-state index in [1.54, 1.807) is 30.4 Å². The van der Waals surface area contributed by atoms with Crippen LogP contribution in [0.2, 0.25) is 0 Å². The van der Waals surface area contributed by atoms with E-state index in [4.69, 9.17) is 4.74 Å². The molecular formula is C15H10N4O. The second kappa shape index (κ2) is 4.58. The van der Waals surface area contributed by atoms with Crippen molar-refractivity contribution in [2.45, 2.75) is 0 Å². The van der Waals surface area contributed by atoms with Gasteiger partial charge in [0.2, 0.25) is 0 Å². The smallest absolute Gasteiger partial charge is 0.189 e. The minimum atomic E-state index is -1.80. The Morgan fingerprint density at radius 1 is 0.950 bits per heavy atom. The Morgan fingerprint density at radius 3 is 2.05 bits per heavy atom. The molecule has 0 aliphatic heterocycles. The van der Waals surface area contributed by atoms with Gasteiger partial charge in [-0.25, -0.2) is 0 Å². The minimum absolute atomic E-state index is 0.383. The number of fused-ring (bicyclic) bond motifs is 2. The van der Waals surface area contributed by atoms with Crippen LogP contribution < -0.4 is 0 Å². The third-order valence-corrected chi connectivity index (χ3v) is 3.93. The third-order valence-electron chi connectivity index (χ3n) is 3.93. The molecule has 0 aromatic heterocycles. The summed E-state index contributed by atoms with van der Waals surface area (Å²) in [5.41, 5.74) is -3.56.